The highest BCUT2D eigenvalue weighted by Crippen LogP contribution is 2.02. The van der Waals surface area contributed by atoms with E-state index in [0.717, 1.165) is 0 Å². The zero-order valence-electron chi connectivity index (χ0n) is 7.58. The van der Waals surface area contributed by atoms with E-state index in [1.54, 1.807) is 19.3 Å². The van der Waals surface area contributed by atoms with Crippen LogP contribution in [0.15, 0.2) is 29.5 Å². The topological polar surface area (TPSA) is 78.7 Å². The molecule has 6 nitrogen and oxygen atoms in total. The van der Waals surface area contributed by atoms with Gasteiger partial charge >= 0.3 is 0 Å². The predicted molar refractivity (Wildman–Crippen MR) is 51.0 cm³/mol. The lowest BCUT2D eigenvalue weighted by Gasteiger charge is -2.00. The van der Waals surface area contributed by atoms with E-state index in [9.17, 15) is 4.79 Å². The molecule has 0 radical (unpaired) electrons. The Morgan fingerprint density at radius 1 is 1.50 bits per heavy atom. The van der Waals surface area contributed by atoms with Gasteiger partial charge in [0.25, 0.3) is 5.56 Å². The Hall–Kier alpha value is -2.11. The second-order valence-electron chi connectivity index (χ2n) is 2.88. The summed E-state index contributed by atoms with van der Waals surface area (Å²) in [6.07, 6.45) is 3.12. The lowest BCUT2D eigenvalue weighted by molar-refractivity contribution is 0.827. The lowest BCUT2D eigenvalue weighted by atomic mass is 10.4. The number of anilines is 1. The number of aryl methyl sites for hydroxylation is 1. The average Bonchev–Trinajstić information content (AvgIpc) is 2.57. The molecule has 0 saturated heterocycles. The van der Waals surface area contributed by atoms with Crippen LogP contribution in [0.5, 0.6) is 0 Å². The van der Waals surface area contributed by atoms with Gasteiger partial charge in [0.15, 0.2) is 0 Å². The Balaban J connectivity index is 2.53. The summed E-state index contributed by atoms with van der Waals surface area (Å²) in [6, 6.07) is 3.23. The van der Waals surface area contributed by atoms with Crippen molar-refractivity contribution in [2.75, 3.05) is 5.73 Å². The summed E-state index contributed by atoms with van der Waals surface area (Å²) in [7, 11) is 1.68. The third kappa shape index (κ3) is 1.37. The largest absolute Gasteiger partial charge is 0.366 e. The molecule has 0 spiro atoms. The van der Waals surface area contributed by atoms with Crippen molar-refractivity contribution < 1.29 is 0 Å². The molecule has 0 aromatic carbocycles. The summed E-state index contributed by atoms with van der Waals surface area (Å²) < 4.78 is 2.93. The Morgan fingerprint density at radius 3 is 2.86 bits per heavy atom. The van der Waals surface area contributed by atoms with Gasteiger partial charge in [0.2, 0.25) is 5.95 Å². The van der Waals surface area contributed by atoms with E-state index in [1.165, 1.54) is 21.6 Å². The molecule has 6 heteroatoms. The zero-order valence-corrected chi connectivity index (χ0v) is 7.58. The quantitative estimate of drug-likeness (QED) is 0.662. The minimum Gasteiger partial charge on any atom is -0.366 e. The van der Waals surface area contributed by atoms with Crippen molar-refractivity contribution in [3.05, 3.63) is 35.0 Å². The third-order valence-corrected chi connectivity index (χ3v) is 1.86. The van der Waals surface area contributed by atoms with Crippen molar-refractivity contribution in [1.82, 2.24) is 19.3 Å². The van der Waals surface area contributed by atoms with Crippen LogP contribution in [0.25, 0.3) is 5.69 Å². The summed E-state index contributed by atoms with van der Waals surface area (Å²) >= 11 is 0. The summed E-state index contributed by atoms with van der Waals surface area (Å²) in [5, 5.41) is 3.89. The van der Waals surface area contributed by atoms with Crippen molar-refractivity contribution in [3.8, 4) is 5.69 Å². The summed E-state index contributed by atoms with van der Waals surface area (Å²) in [6.45, 7) is 0. The van der Waals surface area contributed by atoms with Crippen molar-refractivity contribution in [2.45, 2.75) is 0 Å². The summed E-state index contributed by atoms with van der Waals surface area (Å²) in [5.74, 6) is 0.186. The van der Waals surface area contributed by atoms with E-state index >= 15 is 0 Å². The number of hydrogen-bond donors (Lipinski definition) is 1. The maximum atomic E-state index is 11.3. The van der Waals surface area contributed by atoms with Gasteiger partial charge in [-0.05, 0) is 6.07 Å². The first kappa shape index (κ1) is 8.49. The zero-order chi connectivity index (χ0) is 10.1. The van der Waals surface area contributed by atoms with Crippen LogP contribution in [0, 0.1) is 0 Å². The Bertz CT molecular complexity index is 512. The molecule has 14 heavy (non-hydrogen) atoms. The molecule has 2 rings (SSSR count). The highest BCUT2D eigenvalue weighted by Gasteiger charge is 2.00. The van der Waals surface area contributed by atoms with E-state index in [1.807, 2.05) is 0 Å². The van der Waals surface area contributed by atoms with Crippen molar-refractivity contribution >= 4 is 5.95 Å². The van der Waals surface area contributed by atoms with E-state index in [2.05, 4.69) is 10.1 Å². The Kier molecular flexibility index (Phi) is 1.81. The molecular formula is C8H9N5O. The van der Waals surface area contributed by atoms with Crippen LogP contribution in [0.1, 0.15) is 0 Å². The highest BCUT2D eigenvalue weighted by molar-refractivity contribution is 5.28. The van der Waals surface area contributed by atoms with Gasteiger partial charge in [-0.2, -0.15) is 0 Å². The fourth-order valence-corrected chi connectivity index (χ4v) is 1.08. The van der Waals surface area contributed by atoms with Gasteiger partial charge in [-0.3, -0.25) is 4.79 Å². The molecule has 0 bridgehead atoms. The minimum atomic E-state index is -0.100. The van der Waals surface area contributed by atoms with E-state index in [4.69, 9.17) is 5.73 Å². The normalized spacial score (nSPS) is 10.4. The van der Waals surface area contributed by atoms with Gasteiger partial charge in [0.1, 0.15) is 6.33 Å². The standard InChI is InChI=1S/C8H9N5O/c1-12-3-2-6(4-7(12)14)13-5-10-8(9)11-13/h2-5H,1H3,(H2,9,11). The van der Waals surface area contributed by atoms with E-state index in [-0.39, 0.29) is 11.5 Å². The van der Waals surface area contributed by atoms with Crippen LogP contribution < -0.4 is 11.3 Å². The first-order valence-electron chi connectivity index (χ1n) is 4.01. The van der Waals surface area contributed by atoms with Gasteiger partial charge in [-0.15, -0.1) is 5.10 Å². The molecule has 0 unspecified atom stereocenters. The second-order valence-corrected chi connectivity index (χ2v) is 2.88. The number of nitrogen functional groups attached to an aromatic ring is 1. The van der Waals surface area contributed by atoms with Gasteiger partial charge < -0.3 is 10.3 Å². The maximum Gasteiger partial charge on any atom is 0.252 e. The molecular weight excluding hydrogens is 182 g/mol. The van der Waals surface area contributed by atoms with Gasteiger partial charge in [-0.25, -0.2) is 9.67 Å². The van der Waals surface area contributed by atoms with E-state index < -0.39 is 0 Å². The van der Waals surface area contributed by atoms with Crippen LogP contribution in [-0.4, -0.2) is 19.3 Å². The minimum absolute atomic E-state index is 0.100. The van der Waals surface area contributed by atoms with Crippen molar-refractivity contribution in [3.63, 3.8) is 0 Å². The molecule has 0 aliphatic heterocycles. The van der Waals surface area contributed by atoms with Crippen molar-refractivity contribution in [2.24, 2.45) is 7.05 Å². The average molecular weight is 191 g/mol. The monoisotopic (exact) mass is 191 g/mol. The van der Waals surface area contributed by atoms with Crippen LogP contribution >= 0.6 is 0 Å². The highest BCUT2D eigenvalue weighted by atomic mass is 16.1. The number of nitrogens with two attached hydrogens (primary N) is 1. The number of nitrogens with zero attached hydrogens (tertiary/aromatic N) is 4. The number of aromatic nitrogens is 4. The SMILES string of the molecule is Cn1ccc(-n2cnc(N)n2)cc1=O. The smallest absolute Gasteiger partial charge is 0.252 e. The molecule has 2 N–H and O–H groups in total. The molecule has 0 aliphatic rings. The molecule has 0 aliphatic carbocycles. The summed E-state index contributed by atoms with van der Waals surface area (Å²) in [4.78, 5) is 15.1. The molecule has 2 aromatic heterocycles. The number of hydrogen-bond acceptors (Lipinski definition) is 4. The van der Waals surface area contributed by atoms with Crippen LogP contribution in [0.2, 0.25) is 0 Å². The lowest BCUT2D eigenvalue weighted by Crippen LogP contribution is -2.15. The van der Waals surface area contributed by atoms with Crippen LogP contribution in [0.4, 0.5) is 5.95 Å². The molecule has 72 valence electrons. The van der Waals surface area contributed by atoms with Gasteiger partial charge in [-0.1, -0.05) is 0 Å². The molecule has 2 aromatic rings. The summed E-state index contributed by atoms with van der Waals surface area (Å²) in [5.41, 5.74) is 5.91. The predicted octanol–water partition coefficient (Wildman–Crippen LogP) is -0.452. The van der Waals surface area contributed by atoms with Crippen molar-refractivity contribution in [1.29, 1.82) is 0 Å². The maximum absolute atomic E-state index is 11.3. The second kappa shape index (κ2) is 2.99. The number of pyridine rings is 1. The molecule has 0 amide bonds. The van der Waals surface area contributed by atoms with Crippen LogP contribution in [-0.2, 0) is 7.05 Å². The molecule has 0 saturated carbocycles. The fourth-order valence-electron chi connectivity index (χ4n) is 1.08. The van der Waals surface area contributed by atoms with Gasteiger partial charge in [0, 0.05) is 19.3 Å². The van der Waals surface area contributed by atoms with Crippen LogP contribution in [0.3, 0.4) is 0 Å². The number of rotatable bonds is 1. The van der Waals surface area contributed by atoms with E-state index in [0.29, 0.717) is 5.69 Å². The molecule has 0 atom stereocenters. The fraction of sp³-hybridized carbons (Fsp3) is 0.125. The first-order chi connectivity index (χ1) is 6.66. The molecule has 0 fully saturated rings. The Labute approximate surface area is 79.6 Å². The molecule has 2 heterocycles. The third-order valence-electron chi connectivity index (χ3n) is 1.86. The Morgan fingerprint density at radius 2 is 2.29 bits per heavy atom. The first-order valence-corrected chi connectivity index (χ1v) is 4.01. The van der Waals surface area contributed by atoms with Gasteiger partial charge in [0.05, 0.1) is 5.69 Å².